The number of carbonyl (C=O) groups excluding carboxylic acids is 2. The van der Waals surface area contributed by atoms with Crippen molar-refractivity contribution in [3.8, 4) is 11.5 Å². The average Bonchev–Trinajstić information content (AvgIpc) is 2.78. The van der Waals surface area contributed by atoms with E-state index in [2.05, 4.69) is 21.2 Å². The molecule has 7 heteroatoms. The summed E-state index contributed by atoms with van der Waals surface area (Å²) in [5.74, 6) is 0.949. The highest BCUT2D eigenvalue weighted by Gasteiger charge is 2.31. The van der Waals surface area contributed by atoms with Crippen molar-refractivity contribution < 1.29 is 19.1 Å². The maximum absolute atomic E-state index is 12.8. The zero-order valence-electron chi connectivity index (χ0n) is 17.8. The van der Waals surface area contributed by atoms with Crippen LogP contribution in [0.15, 0.2) is 71.2 Å². The van der Waals surface area contributed by atoms with E-state index in [1.807, 2.05) is 37.3 Å². The molecule has 0 radical (unpaired) electrons. The predicted molar refractivity (Wildman–Crippen MR) is 128 cm³/mol. The molecule has 1 atom stereocenters. The van der Waals surface area contributed by atoms with Crippen LogP contribution >= 0.6 is 15.9 Å². The first-order chi connectivity index (χ1) is 15.4. The van der Waals surface area contributed by atoms with Crippen LogP contribution in [-0.2, 0) is 4.79 Å². The van der Waals surface area contributed by atoms with Gasteiger partial charge in [0.15, 0.2) is 6.10 Å². The smallest absolute Gasteiger partial charge is 0.267 e. The minimum atomic E-state index is -0.594. The monoisotopic (exact) mass is 494 g/mol. The summed E-state index contributed by atoms with van der Waals surface area (Å²) in [5, 5.41) is 2.88. The van der Waals surface area contributed by atoms with E-state index in [0.717, 1.165) is 15.8 Å². The molecule has 0 aromatic heterocycles. The maximum atomic E-state index is 12.8. The number of hydrogen-bond acceptors (Lipinski definition) is 4. The van der Waals surface area contributed by atoms with Crippen molar-refractivity contribution in [2.24, 2.45) is 0 Å². The molecule has 3 aromatic carbocycles. The lowest BCUT2D eigenvalue weighted by Crippen LogP contribution is -2.46. The second-order valence-corrected chi connectivity index (χ2v) is 8.47. The molecule has 4 rings (SSSR count). The van der Waals surface area contributed by atoms with E-state index in [0.29, 0.717) is 35.8 Å². The van der Waals surface area contributed by atoms with Crippen LogP contribution in [-0.4, -0.2) is 31.1 Å². The number of anilines is 2. The van der Waals surface area contributed by atoms with Gasteiger partial charge in [-0.15, -0.1) is 0 Å². The van der Waals surface area contributed by atoms with Gasteiger partial charge in [0.05, 0.1) is 12.2 Å². The molecule has 0 saturated heterocycles. The number of halogens is 1. The third kappa shape index (κ3) is 4.94. The number of rotatable bonds is 6. The molecule has 164 valence electrons. The predicted octanol–water partition coefficient (Wildman–Crippen LogP) is 5.20. The Kier molecular flexibility index (Phi) is 6.46. The minimum Gasteiger partial charge on any atom is -0.492 e. The highest BCUT2D eigenvalue weighted by atomic mass is 79.9. The van der Waals surface area contributed by atoms with Crippen molar-refractivity contribution >= 4 is 39.1 Å². The Morgan fingerprint density at radius 2 is 1.91 bits per heavy atom. The van der Waals surface area contributed by atoms with Gasteiger partial charge in [0.25, 0.3) is 11.8 Å². The summed E-state index contributed by atoms with van der Waals surface area (Å²) in [6.45, 7) is 4.43. The Labute approximate surface area is 195 Å². The molecule has 6 nitrogen and oxygen atoms in total. The van der Waals surface area contributed by atoms with Crippen LogP contribution in [0.4, 0.5) is 11.4 Å². The molecule has 2 amide bonds. The lowest BCUT2D eigenvalue weighted by Gasteiger charge is -2.33. The van der Waals surface area contributed by atoms with Crippen molar-refractivity contribution in [1.82, 2.24) is 0 Å². The number of benzene rings is 3. The molecular formula is C25H23BrN2O4. The van der Waals surface area contributed by atoms with E-state index in [1.54, 1.807) is 48.2 Å². The lowest BCUT2D eigenvalue weighted by atomic mass is 10.1. The quantitative estimate of drug-likeness (QED) is 0.511. The lowest BCUT2D eigenvalue weighted by molar-refractivity contribution is -0.125. The van der Waals surface area contributed by atoms with Gasteiger partial charge in [0.1, 0.15) is 18.1 Å². The van der Waals surface area contributed by atoms with Crippen molar-refractivity contribution in [3.63, 3.8) is 0 Å². The second kappa shape index (κ2) is 9.44. The number of ether oxygens (including phenoxy) is 2. The highest BCUT2D eigenvalue weighted by molar-refractivity contribution is 9.10. The zero-order valence-corrected chi connectivity index (χ0v) is 19.4. The third-order valence-electron chi connectivity index (χ3n) is 5.12. The molecule has 1 unspecified atom stereocenters. The minimum absolute atomic E-state index is 0.152. The fraction of sp³-hybridized carbons (Fsp3) is 0.200. The van der Waals surface area contributed by atoms with Crippen molar-refractivity contribution in [2.45, 2.75) is 20.0 Å². The van der Waals surface area contributed by atoms with Crippen molar-refractivity contribution in [3.05, 3.63) is 82.3 Å². The Morgan fingerprint density at radius 1 is 1.12 bits per heavy atom. The van der Waals surface area contributed by atoms with Crippen LogP contribution in [0.1, 0.15) is 22.8 Å². The highest BCUT2D eigenvalue weighted by Crippen LogP contribution is 2.36. The molecule has 0 spiro atoms. The van der Waals surface area contributed by atoms with E-state index >= 15 is 0 Å². The van der Waals surface area contributed by atoms with Gasteiger partial charge in [-0.05, 0) is 62.4 Å². The molecule has 0 saturated carbocycles. The standard InChI is InChI=1S/C25H23BrN2O4/c1-16-6-9-21(10-7-16)31-13-12-28-22-15-20(8-11-23(22)32-17(2)25(28)30)27-24(29)18-4-3-5-19(26)14-18/h3-11,14-15,17H,12-13H2,1-2H3,(H,27,29). The molecule has 32 heavy (non-hydrogen) atoms. The molecule has 3 aromatic rings. The van der Waals surface area contributed by atoms with E-state index in [-0.39, 0.29) is 11.8 Å². The Balaban J connectivity index is 1.51. The van der Waals surface area contributed by atoms with Crippen molar-refractivity contribution in [1.29, 1.82) is 0 Å². The van der Waals surface area contributed by atoms with Gasteiger partial charge in [-0.3, -0.25) is 9.59 Å². The van der Waals surface area contributed by atoms with Crippen LogP contribution in [0, 0.1) is 6.92 Å². The largest absolute Gasteiger partial charge is 0.492 e. The zero-order chi connectivity index (χ0) is 22.7. The summed E-state index contributed by atoms with van der Waals surface area (Å²) in [6.07, 6.45) is -0.594. The summed E-state index contributed by atoms with van der Waals surface area (Å²) in [6, 6.07) is 20.2. The summed E-state index contributed by atoms with van der Waals surface area (Å²) in [7, 11) is 0. The first-order valence-corrected chi connectivity index (χ1v) is 11.1. The van der Waals surface area contributed by atoms with Crippen molar-refractivity contribution in [2.75, 3.05) is 23.4 Å². The molecular weight excluding hydrogens is 472 g/mol. The van der Waals surface area contributed by atoms with E-state index in [4.69, 9.17) is 9.47 Å². The van der Waals surface area contributed by atoms with Crippen LogP contribution in [0.25, 0.3) is 0 Å². The number of carbonyl (C=O) groups is 2. The van der Waals surface area contributed by atoms with Crippen LogP contribution < -0.4 is 19.7 Å². The van der Waals surface area contributed by atoms with E-state index in [1.165, 1.54) is 0 Å². The number of amides is 2. The molecule has 1 N–H and O–H groups in total. The van der Waals surface area contributed by atoms with Gasteiger partial charge >= 0.3 is 0 Å². The fourth-order valence-electron chi connectivity index (χ4n) is 3.44. The van der Waals surface area contributed by atoms with E-state index < -0.39 is 6.10 Å². The maximum Gasteiger partial charge on any atom is 0.267 e. The molecule has 0 bridgehead atoms. The van der Waals surface area contributed by atoms with Gasteiger partial charge in [0.2, 0.25) is 0 Å². The number of nitrogens with zero attached hydrogens (tertiary/aromatic N) is 1. The van der Waals surface area contributed by atoms with E-state index in [9.17, 15) is 9.59 Å². The van der Waals surface area contributed by atoms with Gasteiger partial charge in [-0.2, -0.15) is 0 Å². The molecule has 0 fully saturated rings. The molecule has 1 heterocycles. The van der Waals surface area contributed by atoms with Crippen LogP contribution in [0.2, 0.25) is 0 Å². The summed E-state index contributed by atoms with van der Waals surface area (Å²) < 4.78 is 12.4. The number of fused-ring (bicyclic) bond motifs is 1. The number of nitrogens with one attached hydrogen (secondary N) is 1. The van der Waals surface area contributed by atoms with Crippen LogP contribution in [0.5, 0.6) is 11.5 Å². The Hall–Kier alpha value is -3.32. The second-order valence-electron chi connectivity index (χ2n) is 7.56. The van der Waals surface area contributed by atoms with Crippen LogP contribution in [0.3, 0.4) is 0 Å². The molecule has 0 aliphatic carbocycles. The van der Waals surface area contributed by atoms with Gasteiger partial charge < -0.3 is 19.7 Å². The molecule has 1 aliphatic rings. The average molecular weight is 495 g/mol. The van der Waals surface area contributed by atoms with Gasteiger partial charge in [-0.1, -0.05) is 39.7 Å². The summed E-state index contributed by atoms with van der Waals surface area (Å²) in [5.41, 5.74) is 2.86. The topological polar surface area (TPSA) is 67.9 Å². The molecule has 1 aliphatic heterocycles. The first-order valence-electron chi connectivity index (χ1n) is 10.3. The summed E-state index contributed by atoms with van der Waals surface area (Å²) in [4.78, 5) is 27.1. The number of hydrogen-bond donors (Lipinski definition) is 1. The summed E-state index contributed by atoms with van der Waals surface area (Å²) >= 11 is 3.38. The van der Waals surface area contributed by atoms with Gasteiger partial charge in [0, 0.05) is 15.7 Å². The normalized spacial score (nSPS) is 15.0. The fourth-order valence-corrected chi connectivity index (χ4v) is 3.84. The Bertz CT molecular complexity index is 1150. The third-order valence-corrected chi connectivity index (χ3v) is 5.61. The Morgan fingerprint density at radius 3 is 2.66 bits per heavy atom. The SMILES string of the molecule is Cc1ccc(OCCN2C(=O)C(C)Oc3ccc(NC(=O)c4cccc(Br)c4)cc32)cc1. The van der Waals surface area contributed by atoms with Gasteiger partial charge in [-0.25, -0.2) is 0 Å². The first kappa shape index (κ1) is 21.9. The number of aryl methyl sites for hydroxylation is 1.